The largest absolute Gasteiger partial charge is 0.493 e. The van der Waals surface area contributed by atoms with E-state index >= 15 is 0 Å². The zero-order valence-electron chi connectivity index (χ0n) is 24.9. The lowest BCUT2D eigenvalue weighted by atomic mass is 9.85. The van der Waals surface area contributed by atoms with Crippen LogP contribution in [0, 0.1) is 11.3 Å². The number of carbonyl (C=O) groups excluding carboxylic acids is 2. The molecule has 1 heterocycles. The van der Waals surface area contributed by atoms with Crippen LogP contribution in [0.3, 0.4) is 0 Å². The molecule has 0 radical (unpaired) electrons. The maximum atomic E-state index is 13.6. The molecule has 3 rings (SSSR count). The Morgan fingerprint density at radius 3 is 2.45 bits per heavy atom. The number of ether oxygens (including phenoxy) is 2. The SMILES string of the molecule is CCOC(=O)N(C)CCN(CC)Cc1cccc2cc(C(=O)Nc3cc(C(C)(C)C)cc(C#N)c3OC)n(C)c12. The summed E-state index contributed by atoms with van der Waals surface area (Å²) >= 11 is 0. The standard InChI is InChI=1S/C31H41N5O4/c1-9-36(15-14-34(6)30(38)40-10-2)20-22-13-11-12-21-17-26(35(7)27(21)22)29(37)33-25-18-24(31(3,4)5)16-23(19-32)28(25)39-8/h11-13,16-18H,9-10,14-15,20H2,1-8H3,(H,33,37). The molecule has 0 atom stereocenters. The molecule has 40 heavy (non-hydrogen) atoms. The Balaban J connectivity index is 1.90. The first-order valence-electron chi connectivity index (χ1n) is 13.6. The first-order chi connectivity index (χ1) is 18.9. The van der Waals surface area contributed by atoms with Gasteiger partial charge in [-0.05, 0) is 48.2 Å². The van der Waals surface area contributed by atoms with Crippen molar-refractivity contribution in [2.24, 2.45) is 7.05 Å². The highest BCUT2D eigenvalue weighted by Crippen LogP contribution is 2.35. The minimum absolute atomic E-state index is 0.220. The van der Waals surface area contributed by atoms with E-state index in [0.29, 0.717) is 48.9 Å². The Bertz CT molecular complexity index is 1410. The number of benzene rings is 2. The molecule has 3 aromatic rings. The number of hydrogen-bond acceptors (Lipinski definition) is 6. The highest BCUT2D eigenvalue weighted by molar-refractivity contribution is 6.07. The number of hydrogen-bond donors (Lipinski definition) is 1. The monoisotopic (exact) mass is 547 g/mol. The number of para-hydroxylation sites is 1. The lowest BCUT2D eigenvalue weighted by molar-refractivity contribution is 0.101. The Morgan fingerprint density at radius 2 is 1.85 bits per heavy atom. The average molecular weight is 548 g/mol. The lowest BCUT2D eigenvalue weighted by Crippen LogP contribution is -2.36. The van der Waals surface area contributed by atoms with Gasteiger partial charge in [0.1, 0.15) is 11.8 Å². The van der Waals surface area contributed by atoms with E-state index < -0.39 is 0 Å². The molecular weight excluding hydrogens is 506 g/mol. The van der Waals surface area contributed by atoms with Crippen LogP contribution in [0.1, 0.15) is 61.8 Å². The number of anilines is 1. The lowest BCUT2D eigenvalue weighted by Gasteiger charge is -2.24. The quantitative estimate of drug-likeness (QED) is 0.359. The number of carbonyl (C=O) groups is 2. The number of aryl methyl sites for hydroxylation is 1. The molecule has 1 N–H and O–H groups in total. The fourth-order valence-corrected chi connectivity index (χ4v) is 4.70. The van der Waals surface area contributed by atoms with E-state index in [1.807, 2.05) is 41.9 Å². The van der Waals surface area contributed by atoms with Gasteiger partial charge < -0.3 is 24.3 Å². The van der Waals surface area contributed by atoms with Gasteiger partial charge in [-0.1, -0.05) is 45.9 Å². The predicted molar refractivity (Wildman–Crippen MR) is 158 cm³/mol. The molecule has 2 aromatic carbocycles. The number of nitrogens with zero attached hydrogens (tertiary/aromatic N) is 4. The summed E-state index contributed by atoms with van der Waals surface area (Å²) in [5, 5.41) is 13.7. The number of aromatic nitrogens is 1. The molecule has 0 saturated carbocycles. The van der Waals surface area contributed by atoms with Crippen molar-refractivity contribution in [1.29, 1.82) is 5.26 Å². The van der Waals surface area contributed by atoms with Crippen LogP contribution < -0.4 is 10.1 Å². The summed E-state index contributed by atoms with van der Waals surface area (Å²) in [5.74, 6) is 0.0518. The van der Waals surface area contributed by atoms with Crippen molar-refractivity contribution in [3.63, 3.8) is 0 Å². The van der Waals surface area contributed by atoms with Gasteiger partial charge in [-0.15, -0.1) is 0 Å². The Labute approximate surface area is 237 Å². The highest BCUT2D eigenvalue weighted by Gasteiger charge is 2.23. The minimum Gasteiger partial charge on any atom is -0.493 e. The fraction of sp³-hybridized carbons (Fsp3) is 0.452. The van der Waals surface area contributed by atoms with E-state index in [9.17, 15) is 14.9 Å². The molecule has 1 aromatic heterocycles. The van der Waals surface area contributed by atoms with Crippen molar-refractivity contribution in [1.82, 2.24) is 14.4 Å². The summed E-state index contributed by atoms with van der Waals surface area (Å²) < 4.78 is 12.5. The Kier molecular flexibility index (Phi) is 9.83. The van der Waals surface area contributed by atoms with Crippen LogP contribution in [0.25, 0.3) is 10.9 Å². The second-order valence-electron chi connectivity index (χ2n) is 10.9. The third-order valence-corrected chi connectivity index (χ3v) is 7.07. The van der Waals surface area contributed by atoms with Gasteiger partial charge in [0.25, 0.3) is 5.91 Å². The maximum Gasteiger partial charge on any atom is 0.409 e. The molecule has 0 aliphatic rings. The molecule has 2 amide bonds. The summed E-state index contributed by atoms with van der Waals surface area (Å²) in [6.45, 7) is 13.1. The molecule has 0 unspecified atom stereocenters. The van der Waals surface area contributed by atoms with Crippen molar-refractivity contribution in [3.8, 4) is 11.8 Å². The number of methoxy groups -OCH3 is 1. The normalized spacial score (nSPS) is 11.4. The van der Waals surface area contributed by atoms with Crippen LogP contribution in [0.2, 0.25) is 0 Å². The summed E-state index contributed by atoms with van der Waals surface area (Å²) in [4.78, 5) is 29.4. The molecule has 9 nitrogen and oxygen atoms in total. The summed E-state index contributed by atoms with van der Waals surface area (Å²) in [7, 11) is 5.12. The number of nitrogens with one attached hydrogen (secondary N) is 1. The van der Waals surface area contributed by atoms with E-state index in [2.05, 4.69) is 50.0 Å². The summed E-state index contributed by atoms with van der Waals surface area (Å²) in [6.07, 6.45) is -0.328. The fourth-order valence-electron chi connectivity index (χ4n) is 4.70. The zero-order valence-corrected chi connectivity index (χ0v) is 24.9. The number of nitriles is 1. The zero-order chi connectivity index (χ0) is 29.6. The average Bonchev–Trinajstić information content (AvgIpc) is 3.27. The van der Waals surface area contributed by atoms with Crippen LogP contribution >= 0.6 is 0 Å². The number of rotatable bonds is 10. The van der Waals surface area contributed by atoms with Crippen LogP contribution in [-0.4, -0.2) is 66.8 Å². The molecule has 0 aliphatic carbocycles. The maximum absolute atomic E-state index is 13.6. The molecule has 214 valence electrons. The molecule has 0 fully saturated rings. The molecule has 0 bridgehead atoms. The molecule has 0 spiro atoms. The van der Waals surface area contributed by atoms with Crippen molar-refractivity contribution in [2.45, 2.75) is 46.6 Å². The van der Waals surface area contributed by atoms with Crippen molar-refractivity contribution < 1.29 is 19.1 Å². The molecule has 9 heteroatoms. The van der Waals surface area contributed by atoms with Gasteiger partial charge in [-0.25, -0.2) is 4.79 Å². The minimum atomic E-state index is -0.328. The predicted octanol–water partition coefficient (Wildman–Crippen LogP) is 5.52. The van der Waals surface area contributed by atoms with Gasteiger partial charge in [0, 0.05) is 39.1 Å². The van der Waals surface area contributed by atoms with E-state index in [4.69, 9.17) is 9.47 Å². The van der Waals surface area contributed by atoms with Gasteiger partial charge >= 0.3 is 6.09 Å². The van der Waals surface area contributed by atoms with Crippen LogP contribution in [-0.2, 0) is 23.7 Å². The van der Waals surface area contributed by atoms with Crippen LogP contribution in [0.4, 0.5) is 10.5 Å². The first kappa shape index (κ1) is 30.5. The number of likely N-dealkylation sites (N-methyl/N-ethyl adjacent to an activating group) is 2. The molecule has 0 aliphatic heterocycles. The topological polar surface area (TPSA) is 99.8 Å². The van der Waals surface area contributed by atoms with Gasteiger partial charge in [0.05, 0.1) is 30.5 Å². The van der Waals surface area contributed by atoms with E-state index in [0.717, 1.165) is 28.6 Å². The van der Waals surface area contributed by atoms with Gasteiger partial charge in [0.2, 0.25) is 0 Å². The molecular formula is C31H41N5O4. The van der Waals surface area contributed by atoms with E-state index in [-0.39, 0.29) is 17.4 Å². The van der Waals surface area contributed by atoms with Crippen molar-refractivity contribution >= 4 is 28.6 Å². The van der Waals surface area contributed by atoms with Crippen molar-refractivity contribution in [2.75, 3.05) is 45.7 Å². The second-order valence-corrected chi connectivity index (χ2v) is 10.9. The second kappa shape index (κ2) is 12.9. The summed E-state index contributed by atoms with van der Waals surface area (Å²) in [6, 6.07) is 13.8. The number of fused-ring (bicyclic) bond motifs is 1. The van der Waals surface area contributed by atoms with E-state index in [1.165, 1.54) is 7.11 Å². The van der Waals surface area contributed by atoms with Crippen LogP contribution in [0.5, 0.6) is 5.75 Å². The Morgan fingerprint density at radius 1 is 1.12 bits per heavy atom. The summed E-state index contributed by atoms with van der Waals surface area (Å²) in [5.41, 5.74) is 4.09. The first-order valence-corrected chi connectivity index (χ1v) is 13.6. The van der Waals surface area contributed by atoms with Crippen molar-refractivity contribution in [3.05, 3.63) is 58.8 Å². The highest BCUT2D eigenvalue weighted by atomic mass is 16.6. The van der Waals surface area contributed by atoms with Gasteiger partial charge in [0.15, 0.2) is 5.75 Å². The third-order valence-electron chi connectivity index (χ3n) is 7.07. The van der Waals surface area contributed by atoms with E-state index in [1.54, 1.807) is 18.9 Å². The smallest absolute Gasteiger partial charge is 0.409 e. The van der Waals surface area contributed by atoms with Gasteiger partial charge in [-0.3, -0.25) is 9.69 Å². The van der Waals surface area contributed by atoms with Crippen LogP contribution in [0.15, 0.2) is 36.4 Å². The molecule has 0 saturated heterocycles. The Hall–Kier alpha value is -4.03. The third kappa shape index (κ3) is 6.75. The van der Waals surface area contributed by atoms with Gasteiger partial charge in [-0.2, -0.15) is 5.26 Å². The number of amides is 2.